The third kappa shape index (κ3) is 5.43. The summed E-state index contributed by atoms with van der Waals surface area (Å²) < 4.78 is 6.08. The van der Waals surface area contributed by atoms with E-state index < -0.39 is 11.9 Å². The molecule has 0 fully saturated rings. The van der Waals surface area contributed by atoms with Crippen LogP contribution in [-0.4, -0.2) is 18.5 Å². The van der Waals surface area contributed by atoms with Crippen LogP contribution >= 0.6 is 15.9 Å². The lowest BCUT2D eigenvalue weighted by Gasteiger charge is -2.12. The van der Waals surface area contributed by atoms with Crippen LogP contribution in [0.4, 0.5) is 17.1 Å². The Kier molecular flexibility index (Phi) is 6.22. The Bertz CT molecular complexity index is 928. The summed E-state index contributed by atoms with van der Waals surface area (Å²) >= 11 is 3.33. The van der Waals surface area contributed by atoms with E-state index in [4.69, 9.17) is 4.74 Å². The Morgan fingerprint density at radius 3 is 2.22 bits per heavy atom. The highest BCUT2D eigenvalue weighted by molar-refractivity contribution is 9.10. The van der Waals surface area contributed by atoms with Gasteiger partial charge < -0.3 is 15.4 Å². The molecule has 3 aromatic carbocycles. The number of para-hydroxylation sites is 2. The predicted octanol–water partition coefficient (Wildman–Crippen LogP) is 4.99. The maximum absolute atomic E-state index is 12.4. The Balaban J connectivity index is 1.61. The van der Waals surface area contributed by atoms with Crippen LogP contribution in [0.1, 0.15) is 10.4 Å². The van der Waals surface area contributed by atoms with Gasteiger partial charge in [0.1, 0.15) is 0 Å². The van der Waals surface area contributed by atoms with Crippen molar-refractivity contribution in [3.63, 3.8) is 0 Å². The van der Waals surface area contributed by atoms with Crippen LogP contribution in [0.25, 0.3) is 0 Å². The highest BCUT2D eigenvalue weighted by Crippen LogP contribution is 2.21. The molecule has 5 nitrogen and oxygen atoms in total. The Hall–Kier alpha value is -3.12. The fourth-order valence-electron chi connectivity index (χ4n) is 2.39. The lowest BCUT2D eigenvalue weighted by atomic mass is 10.1. The van der Waals surface area contributed by atoms with Gasteiger partial charge in [0.15, 0.2) is 6.61 Å². The largest absolute Gasteiger partial charge is 0.452 e. The number of benzene rings is 3. The number of nitrogens with one attached hydrogen (secondary N) is 2. The number of amides is 1. The van der Waals surface area contributed by atoms with Crippen LogP contribution < -0.4 is 10.6 Å². The highest BCUT2D eigenvalue weighted by Gasteiger charge is 2.14. The summed E-state index contributed by atoms with van der Waals surface area (Å²) in [5.41, 5.74) is 2.45. The zero-order valence-electron chi connectivity index (χ0n) is 14.3. The molecule has 0 heterocycles. The third-order valence-corrected chi connectivity index (χ3v) is 4.19. The van der Waals surface area contributed by atoms with Crippen LogP contribution in [-0.2, 0) is 9.53 Å². The number of halogens is 1. The summed E-state index contributed by atoms with van der Waals surface area (Å²) in [4.78, 5) is 24.4. The smallest absolute Gasteiger partial charge is 0.340 e. The van der Waals surface area contributed by atoms with Gasteiger partial charge in [0, 0.05) is 15.8 Å². The first kappa shape index (κ1) is 18.7. The molecule has 136 valence electrons. The van der Waals surface area contributed by atoms with E-state index in [1.54, 1.807) is 30.3 Å². The van der Waals surface area contributed by atoms with Gasteiger partial charge in [0.2, 0.25) is 0 Å². The standard InChI is InChI=1S/C21H17BrN2O3/c22-15-10-12-17(13-11-15)24-20(25)14-27-21(26)18-8-4-5-9-19(18)23-16-6-2-1-3-7-16/h1-13,23H,14H2,(H,24,25). The van der Waals surface area contributed by atoms with Crippen molar-refractivity contribution in [2.75, 3.05) is 17.2 Å². The molecule has 2 N–H and O–H groups in total. The normalized spacial score (nSPS) is 10.1. The lowest BCUT2D eigenvalue weighted by Crippen LogP contribution is -2.21. The van der Waals surface area contributed by atoms with Crippen molar-refractivity contribution in [2.24, 2.45) is 0 Å². The summed E-state index contributed by atoms with van der Waals surface area (Å²) in [6.07, 6.45) is 0. The molecule has 0 aromatic heterocycles. The topological polar surface area (TPSA) is 67.4 Å². The molecule has 27 heavy (non-hydrogen) atoms. The highest BCUT2D eigenvalue weighted by atomic mass is 79.9. The molecule has 0 unspecified atom stereocenters. The minimum absolute atomic E-state index is 0.359. The van der Waals surface area contributed by atoms with E-state index in [9.17, 15) is 9.59 Å². The monoisotopic (exact) mass is 424 g/mol. The molecule has 0 aliphatic heterocycles. The molecular formula is C21H17BrN2O3. The first-order valence-corrected chi connectivity index (χ1v) is 9.05. The maximum atomic E-state index is 12.4. The van der Waals surface area contributed by atoms with Gasteiger partial charge in [-0.05, 0) is 48.5 Å². The van der Waals surface area contributed by atoms with Crippen molar-refractivity contribution in [2.45, 2.75) is 0 Å². The SMILES string of the molecule is O=C(COC(=O)c1ccccc1Nc1ccccc1)Nc1ccc(Br)cc1. The fraction of sp³-hybridized carbons (Fsp3) is 0.0476. The molecule has 3 rings (SSSR count). The van der Waals surface area contributed by atoms with Crippen molar-refractivity contribution in [3.05, 3.63) is 88.9 Å². The summed E-state index contributed by atoms with van der Waals surface area (Å²) in [5.74, 6) is -0.973. The van der Waals surface area contributed by atoms with E-state index in [0.29, 0.717) is 16.9 Å². The van der Waals surface area contributed by atoms with E-state index in [0.717, 1.165) is 10.2 Å². The number of hydrogen-bond donors (Lipinski definition) is 2. The number of anilines is 3. The minimum Gasteiger partial charge on any atom is -0.452 e. The molecule has 0 saturated carbocycles. The predicted molar refractivity (Wildman–Crippen MR) is 109 cm³/mol. The molecule has 0 atom stereocenters. The molecule has 0 spiro atoms. The van der Waals surface area contributed by atoms with Crippen molar-refractivity contribution in [3.8, 4) is 0 Å². The summed E-state index contributed by atoms with van der Waals surface area (Å²) in [7, 11) is 0. The molecule has 1 amide bonds. The second-order valence-corrected chi connectivity index (χ2v) is 6.58. The molecule has 0 aliphatic carbocycles. The second-order valence-electron chi connectivity index (χ2n) is 5.67. The van der Waals surface area contributed by atoms with E-state index in [1.165, 1.54) is 0 Å². The first-order valence-electron chi connectivity index (χ1n) is 8.25. The molecule has 3 aromatic rings. The van der Waals surface area contributed by atoms with E-state index >= 15 is 0 Å². The number of rotatable bonds is 6. The molecule has 0 saturated heterocycles. The molecule has 0 bridgehead atoms. The second kappa shape index (κ2) is 9.00. The number of hydrogen-bond acceptors (Lipinski definition) is 4. The number of carbonyl (C=O) groups excluding carboxylic acids is 2. The van der Waals surface area contributed by atoms with Crippen LogP contribution in [0, 0.1) is 0 Å². The van der Waals surface area contributed by atoms with Gasteiger partial charge in [-0.15, -0.1) is 0 Å². The van der Waals surface area contributed by atoms with Gasteiger partial charge >= 0.3 is 5.97 Å². The van der Waals surface area contributed by atoms with Crippen LogP contribution in [0.3, 0.4) is 0 Å². The van der Waals surface area contributed by atoms with Gasteiger partial charge in [-0.3, -0.25) is 4.79 Å². The average Bonchev–Trinajstić information content (AvgIpc) is 2.69. The van der Waals surface area contributed by atoms with Crippen molar-refractivity contribution in [1.29, 1.82) is 0 Å². The molecular weight excluding hydrogens is 408 g/mol. The Morgan fingerprint density at radius 2 is 1.48 bits per heavy atom. The molecule has 6 heteroatoms. The third-order valence-electron chi connectivity index (χ3n) is 3.66. The van der Waals surface area contributed by atoms with Gasteiger partial charge in [-0.1, -0.05) is 46.3 Å². The Morgan fingerprint density at radius 1 is 0.815 bits per heavy atom. The van der Waals surface area contributed by atoms with Gasteiger partial charge in [-0.25, -0.2) is 4.79 Å². The number of carbonyl (C=O) groups is 2. The van der Waals surface area contributed by atoms with Crippen molar-refractivity contribution in [1.82, 2.24) is 0 Å². The van der Waals surface area contributed by atoms with Crippen LogP contribution in [0.2, 0.25) is 0 Å². The maximum Gasteiger partial charge on any atom is 0.340 e. The first-order chi connectivity index (χ1) is 13.1. The summed E-state index contributed by atoms with van der Waals surface area (Å²) in [6, 6.07) is 23.6. The number of esters is 1. The average molecular weight is 425 g/mol. The molecule has 0 aliphatic rings. The fourth-order valence-corrected chi connectivity index (χ4v) is 2.65. The van der Waals surface area contributed by atoms with Crippen LogP contribution in [0.15, 0.2) is 83.3 Å². The quantitative estimate of drug-likeness (QED) is 0.547. The summed E-state index contributed by atoms with van der Waals surface area (Å²) in [6.45, 7) is -0.366. The van der Waals surface area contributed by atoms with Gasteiger partial charge in [0.05, 0.1) is 11.3 Å². The van der Waals surface area contributed by atoms with E-state index in [1.807, 2.05) is 48.5 Å². The van der Waals surface area contributed by atoms with Crippen molar-refractivity contribution < 1.29 is 14.3 Å². The van der Waals surface area contributed by atoms with Crippen LogP contribution in [0.5, 0.6) is 0 Å². The molecule has 0 radical (unpaired) electrons. The van der Waals surface area contributed by atoms with E-state index in [-0.39, 0.29) is 6.61 Å². The lowest BCUT2D eigenvalue weighted by molar-refractivity contribution is -0.119. The number of ether oxygens (including phenoxy) is 1. The zero-order chi connectivity index (χ0) is 19.1. The van der Waals surface area contributed by atoms with Gasteiger partial charge in [0.25, 0.3) is 5.91 Å². The minimum atomic E-state index is -0.569. The van der Waals surface area contributed by atoms with E-state index in [2.05, 4.69) is 26.6 Å². The van der Waals surface area contributed by atoms with Crippen molar-refractivity contribution >= 4 is 44.9 Å². The zero-order valence-corrected chi connectivity index (χ0v) is 15.9. The Labute approximate surface area is 165 Å². The van der Waals surface area contributed by atoms with Gasteiger partial charge in [-0.2, -0.15) is 0 Å². The summed E-state index contributed by atoms with van der Waals surface area (Å²) in [5, 5.41) is 5.86.